The third-order valence-electron chi connectivity index (χ3n) is 5.77. The van der Waals surface area contributed by atoms with Gasteiger partial charge in [0.15, 0.2) is 0 Å². The molecule has 0 bridgehead atoms. The van der Waals surface area contributed by atoms with E-state index in [2.05, 4.69) is 19.9 Å². The Labute approximate surface area is 172 Å². The van der Waals surface area contributed by atoms with Gasteiger partial charge in [0.2, 0.25) is 11.7 Å². The molecule has 0 radical (unpaired) electrons. The first kappa shape index (κ1) is 20.4. The third kappa shape index (κ3) is 4.36. The summed E-state index contributed by atoms with van der Waals surface area (Å²) in [4.78, 5) is 8.89. The first-order chi connectivity index (χ1) is 13.9. The molecule has 29 heavy (non-hydrogen) atoms. The molecule has 0 spiro atoms. The van der Waals surface area contributed by atoms with E-state index in [0.29, 0.717) is 51.0 Å². The molecule has 158 valence electrons. The number of aromatic nitrogens is 2. The van der Waals surface area contributed by atoms with E-state index in [1.807, 2.05) is 44.3 Å². The van der Waals surface area contributed by atoms with Crippen molar-refractivity contribution in [2.45, 2.75) is 13.0 Å². The van der Waals surface area contributed by atoms with Crippen LogP contribution in [0.1, 0.15) is 18.9 Å². The number of likely N-dealkylation sites (N-methyl/N-ethyl adjacent to an activating group) is 1. The van der Waals surface area contributed by atoms with Gasteiger partial charge in [-0.15, -0.1) is 0 Å². The van der Waals surface area contributed by atoms with Gasteiger partial charge in [-0.05, 0) is 14.0 Å². The molecule has 3 heterocycles. The van der Waals surface area contributed by atoms with Crippen LogP contribution in [0.4, 0.5) is 0 Å². The van der Waals surface area contributed by atoms with Crippen molar-refractivity contribution in [1.82, 2.24) is 28.6 Å². The molecule has 2 saturated heterocycles. The highest BCUT2D eigenvalue weighted by Crippen LogP contribution is 2.24. The van der Waals surface area contributed by atoms with Gasteiger partial charge in [0.1, 0.15) is 0 Å². The van der Waals surface area contributed by atoms with Crippen molar-refractivity contribution in [3.05, 3.63) is 36.2 Å². The Bertz CT molecular complexity index is 903. The Morgan fingerprint density at radius 3 is 2.14 bits per heavy atom. The van der Waals surface area contributed by atoms with Crippen molar-refractivity contribution in [1.29, 1.82) is 0 Å². The van der Waals surface area contributed by atoms with E-state index in [1.165, 1.54) is 0 Å². The van der Waals surface area contributed by atoms with Crippen LogP contribution in [-0.2, 0) is 10.2 Å². The van der Waals surface area contributed by atoms with Gasteiger partial charge in [-0.3, -0.25) is 4.90 Å². The molecule has 10 heteroatoms. The van der Waals surface area contributed by atoms with Gasteiger partial charge in [-0.25, -0.2) is 0 Å². The number of rotatable bonds is 5. The van der Waals surface area contributed by atoms with Crippen molar-refractivity contribution in [3.63, 3.8) is 0 Å². The Balaban J connectivity index is 1.36. The molecular formula is C19H28N6O3S. The summed E-state index contributed by atoms with van der Waals surface area (Å²) in [6.07, 6.45) is 0. The summed E-state index contributed by atoms with van der Waals surface area (Å²) >= 11 is 0. The molecule has 0 saturated carbocycles. The number of piperazine rings is 2. The van der Waals surface area contributed by atoms with Crippen LogP contribution in [0, 0.1) is 0 Å². The molecule has 2 aliphatic heterocycles. The first-order valence-corrected chi connectivity index (χ1v) is 11.4. The maximum absolute atomic E-state index is 12.9. The minimum absolute atomic E-state index is 0.0616. The van der Waals surface area contributed by atoms with Crippen molar-refractivity contribution in [2.24, 2.45) is 0 Å². The van der Waals surface area contributed by atoms with Crippen molar-refractivity contribution >= 4 is 10.2 Å². The van der Waals surface area contributed by atoms with E-state index < -0.39 is 10.2 Å². The molecular weight excluding hydrogens is 392 g/mol. The predicted octanol–water partition coefficient (Wildman–Crippen LogP) is 0.907. The lowest BCUT2D eigenvalue weighted by Crippen LogP contribution is -2.56. The Morgan fingerprint density at radius 1 is 0.931 bits per heavy atom. The minimum atomic E-state index is -3.39. The molecule has 1 atom stereocenters. The molecule has 2 fully saturated rings. The summed E-state index contributed by atoms with van der Waals surface area (Å²) in [6, 6.07) is 9.66. The van der Waals surface area contributed by atoms with Gasteiger partial charge in [-0.1, -0.05) is 35.5 Å². The average Bonchev–Trinajstić information content (AvgIpc) is 3.24. The zero-order valence-electron chi connectivity index (χ0n) is 16.9. The number of hydrogen-bond donors (Lipinski definition) is 0. The van der Waals surface area contributed by atoms with Crippen LogP contribution in [0.3, 0.4) is 0 Å². The van der Waals surface area contributed by atoms with E-state index in [0.717, 1.165) is 18.7 Å². The highest BCUT2D eigenvalue weighted by molar-refractivity contribution is 7.86. The topological polar surface area (TPSA) is 86.0 Å². The van der Waals surface area contributed by atoms with Crippen LogP contribution in [0.25, 0.3) is 11.4 Å². The molecule has 4 rings (SSSR count). The summed E-state index contributed by atoms with van der Waals surface area (Å²) < 4.78 is 34.6. The Morgan fingerprint density at radius 2 is 1.52 bits per heavy atom. The molecule has 2 aromatic rings. The molecule has 0 N–H and O–H groups in total. The maximum Gasteiger partial charge on any atom is 0.282 e. The van der Waals surface area contributed by atoms with Gasteiger partial charge in [0.05, 0.1) is 6.04 Å². The van der Waals surface area contributed by atoms with Gasteiger partial charge < -0.3 is 9.42 Å². The summed E-state index contributed by atoms with van der Waals surface area (Å²) in [5.74, 6) is 1.13. The van der Waals surface area contributed by atoms with Crippen molar-refractivity contribution < 1.29 is 12.9 Å². The molecule has 0 aliphatic carbocycles. The van der Waals surface area contributed by atoms with Crippen molar-refractivity contribution in [2.75, 3.05) is 59.4 Å². The molecule has 1 unspecified atom stereocenters. The second-order valence-corrected chi connectivity index (χ2v) is 9.57. The lowest BCUT2D eigenvalue weighted by Gasteiger charge is -2.40. The standard InChI is InChI=1S/C19H28N6O3S/c1-16(19-20-18(21-28-19)17-6-4-3-5-7-17)23-10-14-25(15-11-23)29(26,27)24-12-8-22(2)9-13-24/h3-7,16H,8-15H2,1-2H3. The van der Waals surface area contributed by atoms with Crippen molar-refractivity contribution in [3.8, 4) is 11.4 Å². The van der Waals surface area contributed by atoms with Gasteiger partial charge in [0, 0.05) is 57.9 Å². The second kappa shape index (κ2) is 8.49. The molecule has 0 amide bonds. The fraction of sp³-hybridized carbons (Fsp3) is 0.579. The number of benzene rings is 1. The average molecular weight is 421 g/mol. The largest absolute Gasteiger partial charge is 0.337 e. The second-order valence-electron chi connectivity index (χ2n) is 7.64. The molecule has 1 aromatic heterocycles. The zero-order chi connectivity index (χ0) is 20.4. The van der Waals surface area contributed by atoms with Crippen LogP contribution in [0.5, 0.6) is 0 Å². The summed E-state index contributed by atoms with van der Waals surface area (Å²) in [5.41, 5.74) is 0.915. The van der Waals surface area contributed by atoms with Crippen LogP contribution >= 0.6 is 0 Å². The Kier molecular flexibility index (Phi) is 5.98. The fourth-order valence-corrected chi connectivity index (χ4v) is 5.35. The van der Waals surface area contributed by atoms with Crippen LogP contribution in [-0.4, -0.2) is 96.4 Å². The lowest BCUT2D eigenvalue weighted by molar-refractivity contribution is 0.118. The van der Waals surface area contributed by atoms with Gasteiger partial charge >= 0.3 is 0 Å². The maximum atomic E-state index is 12.9. The summed E-state index contributed by atoms with van der Waals surface area (Å²) in [6.45, 7) is 6.90. The molecule has 9 nitrogen and oxygen atoms in total. The normalized spacial score (nSPS) is 22.0. The third-order valence-corrected chi connectivity index (χ3v) is 7.80. The minimum Gasteiger partial charge on any atom is -0.337 e. The summed E-state index contributed by atoms with van der Waals surface area (Å²) in [7, 11) is -1.37. The highest BCUT2D eigenvalue weighted by Gasteiger charge is 2.35. The van der Waals surface area contributed by atoms with E-state index in [-0.39, 0.29) is 6.04 Å². The SMILES string of the molecule is CC(c1nc(-c2ccccc2)no1)N1CCN(S(=O)(=O)N2CCN(C)CC2)CC1. The predicted molar refractivity (Wildman–Crippen MR) is 109 cm³/mol. The lowest BCUT2D eigenvalue weighted by atomic mass is 10.2. The Hall–Kier alpha value is -1.85. The van der Waals surface area contributed by atoms with E-state index in [4.69, 9.17) is 4.52 Å². The van der Waals surface area contributed by atoms with E-state index in [9.17, 15) is 8.42 Å². The van der Waals surface area contributed by atoms with Crippen LogP contribution in [0.15, 0.2) is 34.9 Å². The zero-order valence-corrected chi connectivity index (χ0v) is 17.8. The van der Waals surface area contributed by atoms with Crippen LogP contribution in [0.2, 0.25) is 0 Å². The summed E-state index contributed by atoms with van der Waals surface area (Å²) in [5, 5.41) is 4.09. The smallest absolute Gasteiger partial charge is 0.282 e. The quantitative estimate of drug-likeness (QED) is 0.711. The highest BCUT2D eigenvalue weighted by atomic mass is 32.2. The number of nitrogens with zero attached hydrogens (tertiary/aromatic N) is 6. The van der Waals surface area contributed by atoms with Gasteiger partial charge in [-0.2, -0.15) is 22.0 Å². The van der Waals surface area contributed by atoms with E-state index >= 15 is 0 Å². The first-order valence-electron chi connectivity index (χ1n) is 10.0. The van der Waals surface area contributed by atoms with Crippen LogP contribution < -0.4 is 0 Å². The molecule has 2 aliphatic rings. The van der Waals surface area contributed by atoms with E-state index in [1.54, 1.807) is 8.61 Å². The monoisotopic (exact) mass is 420 g/mol. The van der Waals surface area contributed by atoms with Gasteiger partial charge in [0.25, 0.3) is 10.2 Å². The molecule has 1 aromatic carbocycles. The fourth-order valence-electron chi connectivity index (χ4n) is 3.77. The number of hydrogen-bond acceptors (Lipinski definition) is 7.